The number of nitrogens with zero attached hydrogens (tertiary/aromatic N) is 3. The average Bonchev–Trinajstić information content (AvgIpc) is 3.19. The van der Waals surface area contributed by atoms with Crippen LogP contribution < -0.4 is 5.32 Å². The van der Waals surface area contributed by atoms with Gasteiger partial charge in [-0.2, -0.15) is 0 Å². The molecule has 1 amide bonds. The van der Waals surface area contributed by atoms with Crippen LogP contribution in [0.15, 0.2) is 72.8 Å². The van der Waals surface area contributed by atoms with Crippen LogP contribution in [-0.2, 0) is 11.3 Å². The molecule has 5 nitrogen and oxygen atoms in total. The van der Waals surface area contributed by atoms with Gasteiger partial charge in [0.05, 0.1) is 17.6 Å². The van der Waals surface area contributed by atoms with Crippen molar-refractivity contribution in [3.05, 3.63) is 89.5 Å². The summed E-state index contributed by atoms with van der Waals surface area (Å²) in [6, 6.07) is 21.6. The van der Waals surface area contributed by atoms with E-state index in [2.05, 4.69) is 14.8 Å². The second-order valence-corrected chi connectivity index (χ2v) is 8.81. The summed E-state index contributed by atoms with van der Waals surface area (Å²) in [4.78, 5) is 19.9. The molecule has 5 rings (SSSR count). The van der Waals surface area contributed by atoms with Gasteiger partial charge in [-0.05, 0) is 86.6 Å². The number of imidazole rings is 1. The zero-order valence-corrected chi connectivity index (χ0v) is 18.8. The van der Waals surface area contributed by atoms with E-state index in [0.29, 0.717) is 11.6 Å². The molecule has 0 bridgehead atoms. The van der Waals surface area contributed by atoms with Gasteiger partial charge in [0, 0.05) is 22.3 Å². The average molecular weight is 463 g/mol. The van der Waals surface area contributed by atoms with Crippen LogP contribution in [0.1, 0.15) is 18.7 Å². The molecule has 1 aliphatic rings. The van der Waals surface area contributed by atoms with Gasteiger partial charge in [-0.15, -0.1) is 0 Å². The highest BCUT2D eigenvalue weighted by Crippen LogP contribution is 2.25. The first-order valence-electron chi connectivity index (χ1n) is 11.1. The molecule has 1 saturated heterocycles. The number of anilines is 1. The quantitative estimate of drug-likeness (QED) is 0.416. The van der Waals surface area contributed by atoms with E-state index in [0.717, 1.165) is 54.2 Å². The molecule has 1 N–H and O–H groups in total. The lowest BCUT2D eigenvalue weighted by molar-refractivity contribution is -0.121. The van der Waals surface area contributed by atoms with Gasteiger partial charge < -0.3 is 5.32 Å². The molecule has 168 valence electrons. The second kappa shape index (κ2) is 9.33. The smallest absolute Gasteiger partial charge is 0.227 e. The van der Waals surface area contributed by atoms with Crippen LogP contribution in [0.2, 0.25) is 5.02 Å². The van der Waals surface area contributed by atoms with Crippen LogP contribution >= 0.6 is 11.6 Å². The zero-order chi connectivity index (χ0) is 22.8. The van der Waals surface area contributed by atoms with Gasteiger partial charge >= 0.3 is 0 Å². The number of rotatable bonds is 5. The highest BCUT2D eigenvalue weighted by atomic mass is 35.5. The Morgan fingerprint density at radius 3 is 2.42 bits per heavy atom. The molecule has 0 aliphatic carbocycles. The van der Waals surface area contributed by atoms with E-state index in [1.165, 1.54) is 12.1 Å². The molecule has 1 aliphatic heterocycles. The standard InChI is InChI=1S/C26H24ClFN4O/c27-19-5-9-21(10-6-19)29-26(33)18-13-15-31(16-14-18)17-25-30-23-3-1-2-4-24(23)32(25)22-11-7-20(28)8-12-22/h1-12,18H,13-17H2,(H,29,33). The number of halogens is 2. The first kappa shape index (κ1) is 21.6. The highest BCUT2D eigenvalue weighted by Gasteiger charge is 2.26. The van der Waals surface area contributed by atoms with Crippen molar-refractivity contribution >= 4 is 34.2 Å². The lowest BCUT2D eigenvalue weighted by Crippen LogP contribution is -2.38. The normalized spacial score (nSPS) is 15.1. The maximum atomic E-state index is 13.5. The van der Waals surface area contributed by atoms with Crippen molar-refractivity contribution in [3.8, 4) is 5.69 Å². The van der Waals surface area contributed by atoms with E-state index in [1.54, 1.807) is 24.3 Å². The Bertz CT molecular complexity index is 1260. The minimum Gasteiger partial charge on any atom is -0.326 e. The number of piperidine rings is 1. The monoisotopic (exact) mass is 462 g/mol. The van der Waals surface area contributed by atoms with Crippen LogP contribution in [0.25, 0.3) is 16.7 Å². The maximum absolute atomic E-state index is 13.5. The first-order valence-corrected chi connectivity index (χ1v) is 11.5. The summed E-state index contributed by atoms with van der Waals surface area (Å²) in [6.07, 6.45) is 1.58. The van der Waals surface area contributed by atoms with Crippen molar-refractivity contribution in [2.24, 2.45) is 5.92 Å². The number of nitrogens with one attached hydrogen (secondary N) is 1. The third kappa shape index (κ3) is 4.77. The SMILES string of the molecule is O=C(Nc1ccc(Cl)cc1)C1CCN(Cc2nc3ccccc3n2-c2ccc(F)cc2)CC1. The third-order valence-corrected chi connectivity index (χ3v) is 6.40. The van der Waals surface area contributed by atoms with Gasteiger partial charge in [0.1, 0.15) is 11.6 Å². The Morgan fingerprint density at radius 2 is 1.70 bits per heavy atom. The molecular weight excluding hydrogens is 439 g/mol. The van der Waals surface area contributed by atoms with Crippen molar-refractivity contribution in [2.75, 3.05) is 18.4 Å². The zero-order valence-electron chi connectivity index (χ0n) is 18.0. The number of hydrogen-bond acceptors (Lipinski definition) is 3. The molecular formula is C26H24ClFN4O. The fourth-order valence-electron chi connectivity index (χ4n) is 4.39. The summed E-state index contributed by atoms with van der Waals surface area (Å²) in [5.74, 6) is 0.680. The van der Waals surface area contributed by atoms with Gasteiger partial charge in [-0.3, -0.25) is 14.3 Å². The fraction of sp³-hybridized carbons (Fsp3) is 0.231. The maximum Gasteiger partial charge on any atom is 0.227 e. The van der Waals surface area contributed by atoms with E-state index in [4.69, 9.17) is 16.6 Å². The predicted octanol–water partition coefficient (Wildman–Crippen LogP) is 5.67. The predicted molar refractivity (Wildman–Crippen MR) is 129 cm³/mol. The molecule has 4 aromatic rings. The molecule has 2 heterocycles. The Kier molecular flexibility index (Phi) is 6.11. The number of hydrogen-bond donors (Lipinski definition) is 1. The molecule has 7 heteroatoms. The Hall–Kier alpha value is -3.22. The summed E-state index contributed by atoms with van der Waals surface area (Å²) in [5.41, 5.74) is 3.56. The molecule has 3 aromatic carbocycles. The van der Waals surface area contributed by atoms with E-state index in [1.807, 2.05) is 36.4 Å². The van der Waals surface area contributed by atoms with Crippen molar-refractivity contribution in [1.29, 1.82) is 0 Å². The highest BCUT2D eigenvalue weighted by molar-refractivity contribution is 6.30. The fourth-order valence-corrected chi connectivity index (χ4v) is 4.52. The second-order valence-electron chi connectivity index (χ2n) is 8.38. The molecule has 0 unspecified atom stereocenters. The lowest BCUT2D eigenvalue weighted by Gasteiger charge is -2.31. The molecule has 1 fully saturated rings. The van der Waals surface area contributed by atoms with E-state index in [-0.39, 0.29) is 17.6 Å². The molecule has 0 spiro atoms. The molecule has 33 heavy (non-hydrogen) atoms. The largest absolute Gasteiger partial charge is 0.326 e. The number of fused-ring (bicyclic) bond motifs is 1. The van der Waals surface area contributed by atoms with Crippen molar-refractivity contribution in [1.82, 2.24) is 14.5 Å². The molecule has 0 atom stereocenters. The van der Waals surface area contributed by atoms with Crippen molar-refractivity contribution < 1.29 is 9.18 Å². The Balaban J connectivity index is 1.28. The van der Waals surface area contributed by atoms with Gasteiger partial charge in [0.15, 0.2) is 0 Å². The summed E-state index contributed by atoms with van der Waals surface area (Å²) in [7, 11) is 0. The first-order chi connectivity index (χ1) is 16.1. The molecule has 1 aromatic heterocycles. The number of carbonyl (C=O) groups excluding carboxylic acids is 1. The Morgan fingerprint density at radius 1 is 1.00 bits per heavy atom. The summed E-state index contributed by atoms with van der Waals surface area (Å²) in [6.45, 7) is 2.29. The summed E-state index contributed by atoms with van der Waals surface area (Å²) >= 11 is 5.92. The number of likely N-dealkylation sites (tertiary alicyclic amines) is 1. The van der Waals surface area contributed by atoms with Gasteiger partial charge in [0.2, 0.25) is 5.91 Å². The number of benzene rings is 3. The van der Waals surface area contributed by atoms with E-state index < -0.39 is 0 Å². The van der Waals surface area contributed by atoms with E-state index >= 15 is 0 Å². The van der Waals surface area contributed by atoms with Crippen LogP contribution in [0.5, 0.6) is 0 Å². The summed E-state index contributed by atoms with van der Waals surface area (Å²) in [5, 5.41) is 3.64. The number of amides is 1. The number of para-hydroxylation sites is 2. The van der Waals surface area contributed by atoms with Crippen molar-refractivity contribution in [3.63, 3.8) is 0 Å². The van der Waals surface area contributed by atoms with E-state index in [9.17, 15) is 9.18 Å². The third-order valence-electron chi connectivity index (χ3n) is 6.15. The lowest BCUT2D eigenvalue weighted by atomic mass is 9.96. The Labute approximate surface area is 196 Å². The minimum absolute atomic E-state index is 0.0205. The number of carbonyl (C=O) groups is 1. The van der Waals surface area contributed by atoms with Crippen LogP contribution in [-0.4, -0.2) is 33.4 Å². The minimum atomic E-state index is -0.260. The van der Waals surface area contributed by atoms with Gasteiger partial charge in [-0.25, -0.2) is 9.37 Å². The van der Waals surface area contributed by atoms with Crippen LogP contribution in [0.4, 0.5) is 10.1 Å². The molecule has 0 radical (unpaired) electrons. The van der Waals surface area contributed by atoms with Crippen molar-refractivity contribution in [2.45, 2.75) is 19.4 Å². The van der Waals surface area contributed by atoms with Crippen LogP contribution in [0.3, 0.4) is 0 Å². The van der Waals surface area contributed by atoms with Gasteiger partial charge in [0.25, 0.3) is 0 Å². The molecule has 0 saturated carbocycles. The van der Waals surface area contributed by atoms with Crippen LogP contribution in [0, 0.1) is 11.7 Å². The van der Waals surface area contributed by atoms with Gasteiger partial charge in [-0.1, -0.05) is 23.7 Å². The number of aromatic nitrogens is 2. The topological polar surface area (TPSA) is 50.2 Å². The summed E-state index contributed by atoms with van der Waals surface area (Å²) < 4.78 is 15.6.